The lowest BCUT2D eigenvalue weighted by Crippen LogP contribution is -2.39. The van der Waals surface area contributed by atoms with E-state index in [1.54, 1.807) is 48.5 Å². The van der Waals surface area contributed by atoms with Gasteiger partial charge in [0.1, 0.15) is 18.1 Å². The predicted molar refractivity (Wildman–Crippen MR) is 147 cm³/mol. The lowest BCUT2D eigenvalue weighted by molar-refractivity contribution is -0.119. The molecule has 0 radical (unpaired) electrons. The van der Waals surface area contributed by atoms with Crippen molar-refractivity contribution in [2.75, 3.05) is 10.8 Å². The van der Waals surface area contributed by atoms with Gasteiger partial charge < -0.3 is 4.42 Å². The van der Waals surface area contributed by atoms with Crippen LogP contribution < -0.4 is 9.73 Å². The zero-order valence-electron chi connectivity index (χ0n) is 18.7. The van der Waals surface area contributed by atoms with Crippen molar-refractivity contribution in [2.24, 2.45) is 5.10 Å². The van der Waals surface area contributed by atoms with Crippen molar-refractivity contribution in [3.05, 3.63) is 105 Å². The number of sulfonamides is 1. The highest BCUT2D eigenvalue weighted by atomic mass is 35.5. The monoisotopic (exact) mass is 595 g/mol. The molecule has 0 aliphatic carbocycles. The summed E-state index contributed by atoms with van der Waals surface area (Å²) in [5.41, 5.74) is 3.03. The van der Waals surface area contributed by atoms with Crippen LogP contribution in [0, 0.1) is 0 Å². The third kappa shape index (κ3) is 6.47. The number of carbonyl (C=O) groups is 1. The lowest BCUT2D eigenvalue weighted by atomic mass is 10.2. The van der Waals surface area contributed by atoms with Crippen LogP contribution in [-0.2, 0) is 14.8 Å². The highest BCUT2D eigenvalue weighted by molar-refractivity contribution is 7.92. The number of hydrogen-bond donors (Lipinski definition) is 1. The van der Waals surface area contributed by atoms with Crippen LogP contribution in [0.3, 0.4) is 0 Å². The van der Waals surface area contributed by atoms with Gasteiger partial charge in [-0.3, -0.25) is 9.10 Å². The van der Waals surface area contributed by atoms with E-state index in [0.717, 1.165) is 4.31 Å². The summed E-state index contributed by atoms with van der Waals surface area (Å²) in [6.07, 6.45) is 1.27. The Labute approximate surface area is 233 Å². The summed E-state index contributed by atoms with van der Waals surface area (Å²) in [6.45, 7) is -0.598. The summed E-state index contributed by atoms with van der Waals surface area (Å²) in [6, 6.07) is 20.3. The number of carbonyl (C=O) groups excluding carboxylic acids is 1. The largest absolute Gasteiger partial charge is 0.455 e. The first kappa shape index (κ1) is 27.0. The molecule has 190 valence electrons. The van der Waals surface area contributed by atoms with Crippen molar-refractivity contribution < 1.29 is 17.6 Å². The second kappa shape index (κ2) is 11.6. The highest BCUT2D eigenvalue weighted by Gasteiger charge is 2.28. The number of nitrogens with one attached hydrogen (secondary N) is 1. The molecule has 1 aromatic heterocycles. The molecule has 4 aromatic rings. The molecule has 37 heavy (non-hydrogen) atoms. The quantitative estimate of drug-likeness (QED) is 0.177. The third-order valence-corrected chi connectivity index (χ3v) is 7.86. The minimum atomic E-state index is -4.14. The van der Waals surface area contributed by atoms with E-state index in [0.29, 0.717) is 32.2 Å². The number of hydrazone groups is 1. The number of rotatable bonds is 8. The molecule has 1 N–H and O–H groups in total. The summed E-state index contributed by atoms with van der Waals surface area (Å²) in [7, 11) is -4.14. The Morgan fingerprint density at radius 1 is 0.892 bits per heavy atom. The number of halogens is 4. The van der Waals surface area contributed by atoms with E-state index in [1.807, 2.05) is 0 Å². The molecule has 0 spiro atoms. The summed E-state index contributed by atoms with van der Waals surface area (Å²) in [5, 5.41) is 5.16. The summed E-state index contributed by atoms with van der Waals surface area (Å²) in [4.78, 5) is 12.7. The average Bonchev–Trinajstić information content (AvgIpc) is 3.32. The van der Waals surface area contributed by atoms with E-state index in [-0.39, 0.29) is 15.6 Å². The van der Waals surface area contributed by atoms with Crippen LogP contribution in [0.4, 0.5) is 5.69 Å². The summed E-state index contributed by atoms with van der Waals surface area (Å²) < 4.78 is 33.3. The van der Waals surface area contributed by atoms with E-state index in [9.17, 15) is 13.2 Å². The van der Waals surface area contributed by atoms with Gasteiger partial charge in [-0.1, -0.05) is 64.6 Å². The van der Waals surface area contributed by atoms with Gasteiger partial charge in [-0.05, 0) is 60.7 Å². The SMILES string of the molecule is O=C(CN(c1ccc(Cl)cc1Cl)S(=O)(=O)c1ccccc1)N/N=C\c1ccc(-c2ccc(Cl)cc2Cl)o1. The molecule has 7 nitrogen and oxygen atoms in total. The maximum Gasteiger partial charge on any atom is 0.264 e. The number of furan rings is 1. The lowest BCUT2D eigenvalue weighted by Gasteiger charge is -2.24. The molecule has 4 rings (SSSR count). The third-order valence-electron chi connectivity index (χ3n) is 5.00. The second-order valence-corrected chi connectivity index (χ2v) is 11.1. The Kier molecular flexibility index (Phi) is 8.46. The predicted octanol–water partition coefficient (Wildman–Crippen LogP) is 6.91. The van der Waals surface area contributed by atoms with Gasteiger partial charge in [-0.25, -0.2) is 13.8 Å². The molecular weight excluding hydrogens is 580 g/mol. The van der Waals surface area contributed by atoms with Crippen molar-refractivity contribution >= 4 is 74.2 Å². The Hall–Kier alpha value is -3.01. The minimum Gasteiger partial charge on any atom is -0.455 e. The maximum absolute atomic E-state index is 13.4. The zero-order valence-corrected chi connectivity index (χ0v) is 22.6. The highest BCUT2D eigenvalue weighted by Crippen LogP contribution is 2.33. The fourth-order valence-corrected chi connectivity index (χ4v) is 5.82. The molecule has 0 atom stereocenters. The number of amides is 1. The van der Waals surface area contributed by atoms with Crippen molar-refractivity contribution in [3.63, 3.8) is 0 Å². The van der Waals surface area contributed by atoms with E-state index in [1.165, 1.54) is 36.5 Å². The van der Waals surface area contributed by atoms with Gasteiger partial charge in [0.2, 0.25) is 0 Å². The Morgan fingerprint density at radius 2 is 1.57 bits per heavy atom. The molecule has 0 aliphatic rings. The Morgan fingerprint density at radius 3 is 2.24 bits per heavy atom. The first-order valence-corrected chi connectivity index (χ1v) is 13.5. The maximum atomic E-state index is 13.4. The number of hydrogen-bond acceptors (Lipinski definition) is 5. The van der Waals surface area contributed by atoms with Crippen LogP contribution in [-0.4, -0.2) is 27.1 Å². The topological polar surface area (TPSA) is 92.0 Å². The van der Waals surface area contributed by atoms with Crippen LogP contribution in [0.25, 0.3) is 11.3 Å². The average molecular weight is 597 g/mol. The fraction of sp³-hybridized carbons (Fsp3) is 0.0400. The fourth-order valence-electron chi connectivity index (χ4n) is 3.29. The molecule has 0 aliphatic heterocycles. The first-order chi connectivity index (χ1) is 17.6. The van der Waals surface area contributed by atoms with Crippen LogP contribution in [0.1, 0.15) is 5.76 Å². The van der Waals surface area contributed by atoms with Crippen molar-refractivity contribution in [3.8, 4) is 11.3 Å². The van der Waals surface area contributed by atoms with Gasteiger partial charge in [0.05, 0.1) is 26.8 Å². The van der Waals surface area contributed by atoms with E-state index < -0.39 is 22.5 Å². The van der Waals surface area contributed by atoms with Gasteiger partial charge >= 0.3 is 0 Å². The van der Waals surface area contributed by atoms with Crippen molar-refractivity contribution in [1.82, 2.24) is 5.43 Å². The first-order valence-electron chi connectivity index (χ1n) is 10.5. The molecule has 0 saturated carbocycles. The van der Waals surface area contributed by atoms with E-state index >= 15 is 0 Å². The van der Waals surface area contributed by atoms with Gasteiger partial charge in [0, 0.05) is 15.6 Å². The van der Waals surface area contributed by atoms with Gasteiger partial charge in [0.25, 0.3) is 15.9 Å². The Balaban J connectivity index is 1.52. The number of benzene rings is 3. The van der Waals surface area contributed by atoms with Gasteiger partial charge in [-0.2, -0.15) is 5.10 Å². The van der Waals surface area contributed by atoms with Gasteiger partial charge in [-0.15, -0.1) is 0 Å². The Bertz CT molecular complexity index is 1570. The molecule has 0 bridgehead atoms. The molecule has 0 fully saturated rings. The number of anilines is 1. The van der Waals surface area contributed by atoms with Crippen LogP contribution in [0.15, 0.2) is 93.3 Å². The molecule has 12 heteroatoms. The normalized spacial score (nSPS) is 11.6. The van der Waals surface area contributed by atoms with E-state index in [2.05, 4.69) is 10.5 Å². The summed E-state index contributed by atoms with van der Waals surface area (Å²) >= 11 is 24.4. The van der Waals surface area contributed by atoms with Crippen molar-refractivity contribution in [2.45, 2.75) is 4.90 Å². The van der Waals surface area contributed by atoms with Crippen LogP contribution in [0.5, 0.6) is 0 Å². The summed E-state index contributed by atoms with van der Waals surface area (Å²) in [5.74, 6) is 0.0945. The molecular formula is C25H17Cl4N3O4S. The second-order valence-electron chi connectivity index (χ2n) is 7.54. The van der Waals surface area contributed by atoms with Gasteiger partial charge in [0.15, 0.2) is 0 Å². The minimum absolute atomic E-state index is 0.0127. The van der Waals surface area contributed by atoms with Crippen LogP contribution >= 0.6 is 46.4 Å². The number of nitrogens with zero attached hydrogens (tertiary/aromatic N) is 2. The molecule has 3 aromatic carbocycles. The molecule has 1 heterocycles. The molecule has 1 amide bonds. The van der Waals surface area contributed by atoms with Crippen molar-refractivity contribution in [1.29, 1.82) is 0 Å². The molecule has 0 unspecified atom stereocenters. The van der Waals surface area contributed by atoms with E-state index in [4.69, 9.17) is 50.8 Å². The molecule has 0 saturated heterocycles. The van der Waals surface area contributed by atoms with Crippen LogP contribution in [0.2, 0.25) is 20.1 Å². The standard InChI is InChI=1S/C25H17Cl4N3O4S/c26-16-6-9-20(21(28)12-16)24-11-8-18(36-24)14-30-31-25(33)15-32(23-10-7-17(27)13-22(23)29)37(34,35)19-4-2-1-3-5-19/h1-14H,15H2,(H,31,33)/b30-14-. The zero-order chi connectivity index (χ0) is 26.6. The smallest absolute Gasteiger partial charge is 0.264 e.